The monoisotopic (exact) mass is 307 g/mol. The van der Waals surface area contributed by atoms with Gasteiger partial charge in [0.25, 0.3) is 0 Å². The van der Waals surface area contributed by atoms with Gasteiger partial charge in [-0.2, -0.15) is 0 Å². The number of imidazole rings is 1. The molecule has 7 heteroatoms. The molecule has 2 aromatic rings. The Labute approximate surface area is 122 Å². The Hall–Kier alpha value is -1.89. The first-order chi connectivity index (χ1) is 10.0. The molecule has 0 spiro atoms. The Morgan fingerprint density at radius 2 is 2.19 bits per heavy atom. The number of hydrogen-bond donors (Lipinski definition) is 2. The Kier molecular flexibility index (Phi) is 3.67. The lowest BCUT2D eigenvalue weighted by Crippen LogP contribution is -2.32. The fourth-order valence-corrected chi connectivity index (χ4v) is 4.32. The van der Waals surface area contributed by atoms with Crippen LogP contribution in [0.2, 0.25) is 0 Å². The molecule has 0 aliphatic carbocycles. The van der Waals surface area contributed by atoms with Gasteiger partial charge in [0.15, 0.2) is 9.84 Å². The van der Waals surface area contributed by atoms with Crippen molar-refractivity contribution in [3.05, 3.63) is 30.1 Å². The van der Waals surface area contributed by atoms with Crippen LogP contribution in [0.3, 0.4) is 0 Å². The molecule has 1 saturated heterocycles. The summed E-state index contributed by atoms with van der Waals surface area (Å²) in [7, 11) is -3.01. The number of rotatable bonds is 4. The molecule has 0 bridgehead atoms. The van der Waals surface area contributed by atoms with E-state index in [0.29, 0.717) is 19.4 Å². The Morgan fingerprint density at radius 1 is 1.38 bits per heavy atom. The maximum absolute atomic E-state index is 11.9. The van der Waals surface area contributed by atoms with Crippen LogP contribution in [0.25, 0.3) is 11.0 Å². The third-order valence-electron chi connectivity index (χ3n) is 3.70. The first-order valence-electron chi connectivity index (χ1n) is 6.95. The molecular formula is C14H17N3O3S. The van der Waals surface area contributed by atoms with Crippen molar-refractivity contribution in [1.82, 2.24) is 15.3 Å². The highest BCUT2D eigenvalue weighted by atomic mass is 32.2. The summed E-state index contributed by atoms with van der Waals surface area (Å²) >= 11 is 0. The zero-order chi connectivity index (χ0) is 14.9. The fourth-order valence-electron chi connectivity index (χ4n) is 2.57. The van der Waals surface area contributed by atoms with E-state index in [1.165, 1.54) is 0 Å². The van der Waals surface area contributed by atoms with Gasteiger partial charge in [0, 0.05) is 13.0 Å². The molecule has 2 N–H and O–H groups in total. The van der Waals surface area contributed by atoms with E-state index in [1.807, 2.05) is 24.3 Å². The van der Waals surface area contributed by atoms with Gasteiger partial charge in [-0.1, -0.05) is 12.1 Å². The van der Waals surface area contributed by atoms with Crippen molar-refractivity contribution < 1.29 is 13.2 Å². The van der Waals surface area contributed by atoms with Gasteiger partial charge in [-0.25, -0.2) is 13.4 Å². The quantitative estimate of drug-likeness (QED) is 0.868. The minimum atomic E-state index is -3.01. The number of para-hydroxylation sites is 2. The van der Waals surface area contributed by atoms with Crippen molar-refractivity contribution in [3.8, 4) is 0 Å². The minimum absolute atomic E-state index is 0.0243. The second-order valence-corrected chi connectivity index (χ2v) is 7.57. The van der Waals surface area contributed by atoms with Crippen LogP contribution in [0, 0.1) is 5.92 Å². The van der Waals surface area contributed by atoms with Crippen molar-refractivity contribution in [2.45, 2.75) is 12.8 Å². The summed E-state index contributed by atoms with van der Waals surface area (Å²) in [5.74, 6) is 0.339. The summed E-state index contributed by atoms with van der Waals surface area (Å²) in [6.07, 6.45) is 1.03. The molecule has 1 aliphatic heterocycles. The Balaban J connectivity index is 1.53. The number of nitrogens with zero attached hydrogens (tertiary/aromatic N) is 1. The first kappa shape index (κ1) is 14.1. The van der Waals surface area contributed by atoms with Gasteiger partial charge in [-0.15, -0.1) is 0 Å². The number of aromatic amines is 1. The third-order valence-corrected chi connectivity index (χ3v) is 5.47. The third kappa shape index (κ3) is 3.24. The Bertz CT molecular complexity index is 734. The molecule has 3 rings (SSSR count). The zero-order valence-corrected chi connectivity index (χ0v) is 12.3. The van der Waals surface area contributed by atoms with E-state index < -0.39 is 15.8 Å². The van der Waals surface area contributed by atoms with E-state index in [9.17, 15) is 13.2 Å². The van der Waals surface area contributed by atoms with Crippen LogP contribution >= 0.6 is 0 Å². The van der Waals surface area contributed by atoms with E-state index in [0.717, 1.165) is 16.9 Å². The summed E-state index contributed by atoms with van der Waals surface area (Å²) in [5, 5.41) is 2.79. The number of carbonyl (C=O) groups is 1. The lowest BCUT2D eigenvalue weighted by atomic mass is 10.1. The molecule has 0 radical (unpaired) electrons. The highest BCUT2D eigenvalue weighted by Crippen LogP contribution is 2.18. The van der Waals surface area contributed by atoms with E-state index in [4.69, 9.17) is 0 Å². The Morgan fingerprint density at radius 3 is 2.90 bits per heavy atom. The first-order valence-corrected chi connectivity index (χ1v) is 8.77. The van der Waals surface area contributed by atoms with Gasteiger partial charge in [-0.3, -0.25) is 4.79 Å². The maximum atomic E-state index is 11.9. The lowest BCUT2D eigenvalue weighted by molar-refractivity contribution is -0.124. The van der Waals surface area contributed by atoms with Crippen LogP contribution in [-0.4, -0.2) is 42.3 Å². The lowest BCUT2D eigenvalue weighted by Gasteiger charge is -2.08. The number of aromatic nitrogens is 2. The number of benzene rings is 1. The molecule has 0 unspecified atom stereocenters. The SMILES string of the molecule is O=C(NCCc1nc2ccccc2[nH]1)[C@@H]1CCS(=O)(=O)C1. The number of sulfone groups is 1. The molecule has 1 atom stereocenters. The smallest absolute Gasteiger partial charge is 0.224 e. The van der Waals surface area contributed by atoms with Crippen molar-refractivity contribution in [2.75, 3.05) is 18.1 Å². The van der Waals surface area contributed by atoms with Crippen LogP contribution < -0.4 is 5.32 Å². The zero-order valence-electron chi connectivity index (χ0n) is 11.5. The van der Waals surface area contributed by atoms with Crippen LogP contribution in [0.5, 0.6) is 0 Å². The number of fused-ring (bicyclic) bond motifs is 1. The molecule has 1 aliphatic rings. The number of hydrogen-bond acceptors (Lipinski definition) is 4. The predicted octanol–water partition coefficient (Wildman–Crippen LogP) is 0.656. The van der Waals surface area contributed by atoms with Crippen molar-refractivity contribution >= 4 is 26.8 Å². The van der Waals surface area contributed by atoms with E-state index >= 15 is 0 Å². The van der Waals surface area contributed by atoms with Gasteiger partial charge in [0.1, 0.15) is 5.82 Å². The highest BCUT2D eigenvalue weighted by Gasteiger charge is 2.32. The average molecular weight is 307 g/mol. The van der Waals surface area contributed by atoms with Crippen LogP contribution in [0.15, 0.2) is 24.3 Å². The van der Waals surface area contributed by atoms with E-state index in [2.05, 4.69) is 15.3 Å². The average Bonchev–Trinajstić information content (AvgIpc) is 3.01. The summed E-state index contributed by atoms with van der Waals surface area (Å²) in [4.78, 5) is 19.5. The fraction of sp³-hybridized carbons (Fsp3) is 0.429. The normalized spacial score (nSPS) is 20.7. The van der Waals surface area contributed by atoms with Crippen LogP contribution in [0.1, 0.15) is 12.2 Å². The number of nitrogens with one attached hydrogen (secondary N) is 2. The molecule has 1 amide bonds. The molecule has 2 heterocycles. The second kappa shape index (κ2) is 5.48. The van der Waals surface area contributed by atoms with E-state index in [1.54, 1.807) is 0 Å². The second-order valence-electron chi connectivity index (χ2n) is 5.34. The number of H-pyrrole nitrogens is 1. The van der Waals surface area contributed by atoms with Crippen molar-refractivity contribution in [3.63, 3.8) is 0 Å². The summed E-state index contributed by atoms with van der Waals surface area (Å²) < 4.78 is 22.7. The van der Waals surface area contributed by atoms with Crippen LogP contribution in [-0.2, 0) is 21.1 Å². The molecule has 6 nitrogen and oxygen atoms in total. The van der Waals surface area contributed by atoms with E-state index in [-0.39, 0.29) is 17.4 Å². The highest BCUT2D eigenvalue weighted by molar-refractivity contribution is 7.91. The summed E-state index contributed by atoms with van der Waals surface area (Å²) in [5.41, 5.74) is 1.88. The molecule has 1 aromatic heterocycles. The molecule has 1 fully saturated rings. The number of carbonyl (C=O) groups excluding carboxylic acids is 1. The van der Waals surface area contributed by atoms with Gasteiger partial charge < -0.3 is 10.3 Å². The van der Waals surface area contributed by atoms with Crippen LogP contribution in [0.4, 0.5) is 0 Å². The van der Waals surface area contributed by atoms with Crippen molar-refractivity contribution in [2.24, 2.45) is 5.92 Å². The molecule has 0 saturated carbocycles. The molecule has 1 aromatic carbocycles. The molecule has 21 heavy (non-hydrogen) atoms. The summed E-state index contributed by atoms with van der Waals surface area (Å²) in [6, 6.07) is 7.74. The standard InChI is InChI=1S/C14H17N3O3S/c18-14(10-6-8-21(19,20)9-10)15-7-5-13-16-11-3-1-2-4-12(11)17-13/h1-4,10H,5-9H2,(H,15,18)(H,16,17)/t10-/m1/s1. The maximum Gasteiger partial charge on any atom is 0.224 e. The topological polar surface area (TPSA) is 91.9 Å². The van der Waals surface area contributed by atoms with Gasteiger partial charge in [0.2, 0.25) is 5.91 Å². The summed E-state index contributed by atoms with van der Waals surface area (Å²) in [6.45, 7) is 0.454. The van der Waals surface area contributed by atoms with Crippen molar-refractivity contribution in [1.29, 1.82) is 0 Å². The van der Waals surface area contributed by atoms with Gasteiger partial charge in [0.05, 0.1) is 28.5 Å². The molecule has 112 valence electrons. The van der Waals surface area contributed by atoms with Gasteiger partial charge >= 0.3 is 0 Å². The predicted molar refractivity (Wildman–Crippen MR) is 79.6 cm³/mol. The largest absolute Gasteiger partial charge is 0.355 e. The minimum Gasteiger partial charge on any atom is -0.355 e. The number of amides is 1. The molecular weight excluding hydrogens is 290 g/mol. The van der Waals surface area contributed by atoms with Gasteiger partial charge in [-0.05, 0) is 18.6 Å².